The number of amides is 1. The van der Waals surface area contributed by atoms with E-state index in [0.717, 1.165) is 12.8 Å². The maximum Gasteiger partial charge on any atom is 0.411 e. The van der Waals surface area contributed by atoms with Gasteiger partial charge in [0.2, 0.25) is 5.91 Å². The number of carbonyl (C=O) groups is 1. The molecular formula is C10H16F3NO2S. The summed E-state index contributed by atoms with van der Waals surface area (Å²) in [4.78, 5) is 11.4. The van der Waals surface area contributed by atoms with E-state index in [1.54, 1.807) is 0 Å². The topological polar surface area (TPSA) is 38.3 Å². The lowest BCUT2D eigenvalue weighted by molar-refractivity contribution is -0.173. The number of halogens is 3. The number of alkyl halides is 3. The Kier molecular flexibility index (Phi) is 5.12. The number of thiol groups is 1. The standard InChI is InChI=1S/C10H16F3NO2S/c11-10(12,13)6-16-4-3-14-8(15)5-9(7-17)1-2-9/h17H,1-7H2,(H,14,15). The Morgan fingerprint density at radius 3 is 2.53 bits per heavy atom. The molecule has 0 radical (unpaired) electrons. The van der Waals surface area contributed by atoms with Crippen molar-refractivity contribution in [3.8, 4) is 0 Å². The predicted octanol–water partition coefficient (Wildman–Crippen LogP) is 1.78. The maximum absolute atomic E-state index is 11.7. The second-order valence-electron chi connectivity index (χ2n) is 4.35. The zero-order valence-electron chi connectivity index (χ0n) is 9.35. The Hall–Kier alpha value is -0.430. The largest absolute Gasteiger partial charge is 0.411 e. The van der Waals surface area contributed by atoms with Crippen molar-refractivity contribution >= 4 is 18.5 Å². The molecule has 1 saturated carbocycles. The van der Waals surface area contributed by atoms with E-state index >= 15 is 0 Å². The summed E-state index contributed by atoms with van der Waals surface area (Å²) >= 11 is 4.16. The van der Waals surface area contributed by atoms with Gasteiger partial charge in [-0.25, -0.2) is 0 Å². The van der Waals surface area contributed by atoms with Gasteiger partial charge in [-0.05, 0) is 24.0 Å². The van der Waals surface area contributed by atoms with Crippen molar-refractivity contribution in [2.24, 2.45) is 5.41 Å². The van der Waals surface area contributed by atoms with Crippen molar-refractivity contribution in [1.29, 1.82) is 0 Å². The van der Waals surface area contributed by atoms with Crippen LogP contribution in [0.2, 0.25) is 0 Å². The van der Waals surface area contributed by atoms with Crippen LogP contribution in [0.25, 0.3) is 0 Å². The Labute approximate surface area is 103 Å². The van der Waals surface area contributed by atoms with Crippen molar-refractivity contribution in [1.82, 2.24) is 5.32 Å². The van der Waals surface area contributed by atoms with Crippen LogP contribution < -0.4 is 5.32 Å². The van der Waals surface area contributed by atoms with E-state index < -0.39 is 12.8 Å². The molecule has 0 atom stereocenters. The second-order valence-corrected chi connectivity index (χ2v) is 4.67. The van der Waals surface area contributed by atoms with Crippen LogP contribution in [0.5, 0.6) is 0 Å². The van der Waals surface area contributed by atoms with Gasteiger partial charge in [-0.2, -0.15) is 25.8 Å². The molecule has 3 nitrogen and oxygen atoms in total. The van der Waals surface area contributed by atoms with Crippen molar-refractivity contribution in [2.75, 3.05) is 25.5 Å². The second kappa shape index (κ2) is 5.95. The molecule has 0 unspecified atom stereocenters. The average Bonchev–Trinajstić information content (AvgIpc) is 2.96. The zero-order chi connectivity index (χ0) is 12.9. The zero-order valence-corrected chi connectivity index (χ0v) is 10.2. The smallest absolute Gasteiger partial charge is 0.370 e. The van der Waals surface area contributed by atoms with Gasteiger partial charge in [0, 0.05) is 13.0 Å². The summed E-state index contributed by atoms with van der Waals surface area (Å²) in [5.41, 5.74) is 0.0278. The minimum absolute atomic E-state index is 0.0278. The molecule has 100 valence electrons. The van der Waals surface area contributed by atoms with Gasteiger partial charge in [-0.3, -0.25) is 4.79 Å². The summed E-state index contributed by atoms with van der Waals surface area (Å²) in [6.07, 6.45) is -1.92. The number of ether oxygens (including phenoxy) is 1. The third kappa shape index (κ3) is 6.16. The number of carbonyl (C=O) groups excluding carboxylic acids is 1. The van der Waals surface area contributed by atoms with E-state index in [0.29, 0.717) is 12.2 Å². The quantitative estimate of drug-likeness (QED) is 0.547. The summed E-state index contributed by atoms with van der Waals surface area (Å²) in [5, 5.41) is 2.53. The molecule has 0 spiro atoms. The Bertz CT molecular complexity index is 267. The summed E-state index contributed by atoms with van der Waals surface area (Å²) < 4.78 is 39.5. The first kappa shape index (κ1) is 14.6. The third-order valence-corrected chi connectivity index (χ3v) is 3.33. The number of nitrogens with one attached hydrogen (secondary N) is 1. The van der Waals surface area contributed by atoms with Crippen LogP contribution in [0, 0.1) is 5.41 Å². The minimum Gasteiger partial charge on any atom is -0.370 e. The molecular weight excluding hydrogens is 255 g/mol. The molecule has 0 aromatic rings. The van der Waals surface area contributed by atoms with E-state index in [-0.39, 0.29) is 24.5 Å². The highest BCUT2D eigenvalue weighted by molar-refractivity contribution is 7.80. The maximum atomic E-state index is 11.7. The SMILES string of the molecule is O=C(CC1(CS)CC1)NCCOCC(F)(F)F. The molecule has 1 N–H and O–H groups in total. The van der Waals surface area contributed by atoms with Gasteiger partial charge in [0.05, 0.1) is 6.61 Å². The summed E-state index contributed by atoms with van der Waals surface area (Å²) in [5.74, 6) is 0.525. The highest BCUT2D eigenvalue weighted by Gasteiger charge is 2.42. The number of rotatable bonds is 7. The summed E-state index contributed by atoms with van der Waals surface area (Å²) in [6.45, 7) is -1.29. The molecule has 0 aromatic carbocycles. The van der Waals surface area contributed by atoms with Gasteiger partial charge in [0.25, 0.3) is 0 Å². The van der Waals surface area contributed by atoms with Gasteiger partial charge in [-0.15, -0.1) is 0 Å². The molecule has 1 amide bonds. The molecule has 0 aromatic heterocycles. The lowest BCUT2D eigenvalue weighted by Crippen LogP contribution is -2.30. The molecule has 17 heavy (non-hydrogen) atoms. The van der Waals surface area contributed by atoms with Crippen LogP contribution in [0.4, 0.5) is 13.2 Å². The third-order valence-electron chi connectivity index (χ3n) is 2.66. The van der Waals surface area contributed by atoms with Crippen LogP contribution in [0.15, 0.2) is 0 Å². The van der Waals surface area contributed by atoms with Crippen molar-refractivity contribution in [2.45, 2.75) is 25.4 Å². The monoisotopic (exact) mass is 271 g/mol. The van der Waals surface area contributed by atoms with Gasteiger partial charge < -0.3 is 10.1 Å². The lowest BCUT2D eigenvalue weighted by Gasteiger charge is -2.12. The fraction of sp³-hybridized carbons (Fsp3) is 0.900. The molecule has 1 aliphatic carbocycles. The predicted molar refractivity (Wildman–Crippen MR) is 60.0 cm³/mol. The van der Waals surface area contributed by atoms with E-state index in [1.165, 1.54) is 0 Å². The van der Waals surface area contributed by atoms with Gasteiger partial charge in [-0.1, -0.05) is 0 Å². The normalized spacial score (nSPS) is 17.9. The molecule has 1 aliphatic rings. The van der Waals surface area contributed by atoms with Crippen LogP contribution >= 0.6 is 12.6 Å². The Balaban J connectivity index is 2.01. The molecule has 0 heterocycles. The van der Waals surface area contributed by atoms with Gasteiger partial charge in [0.1, 0.15) is 6.61 Å². The number of hydrogen-bond acceptors (Lipinski definition) is 3. The first-order chi connectivity index (χ1) is 7.87. The van der Waals surface area contributed by atoms with Crippen LogP contribution in [0.1, 0.15) is 19.3 Å². The fourth-order valence-corrected chi connectivity index (χ4v) is 1.85. The fourth-order valence-electron chi connectivity index (χ4n) is 1.42. The molecule has 1 fully saturated rings. The first-order valence-electron chi connectivity index (χ1n) is 5.39. The van der Waals surface area contributed by atoms with E-state index in [4.69, 9.17) is 0 Å². The van der Waals surface area contributed by atoms with Crippen molar-refractivity contribution < 1.29 is 22.7 Å². The Morgan fingerprint density at radius 1 is 1.41 bits per heavy atom. The average molecular weight is 271 g/mol. The highest BCUT2D eigenvalue weighted by atomic mass is 32.1. The van der Waals surface area contributed by atoms with E-state index in [2.05, 4.69) is 22.7 Å². The van der Waals surface area contributed by atoms with Crippen molar-refractivity contribution in [3.05, 3.63) is 0 Å². The van der Waals surface area contributed by atoms with Crippen LogP contribution in [-0.2, 0) is 9.53 Å². The summed E-state index contributed by atoms with van der Waals surface area (Å²) in [6, 6.07) is 0. The molecule has 1 rings (SSSR count). The lowest BCUT2D eigenvalue weighted by atomic mass is 10.1. The molecule has 0 aliphatic heterocycles. The first-order valence-corrected chi connectivity index (χ1v) is 6.02. The summed E-state index contributed by atoms with van der Waals surface area (Å²) in [7, 11) is 0. The van der Waals surface area contributed by atoms with Gasteiger partial charge in [0.15, 0.2) is 0 Å². The van der Waals surface area contributed by atoms with Crippen LogP contribution in [-0.4, -0.2) is 37.6 Å². The minimum atomic E-state index is -4.31. The van der Waals surface area contributed by atoms with E-state index in [9.17, 15) is 18.0 Å². The molecule has 0 bridgehead atoms. The molecule has 0 saturated heterocycles. The van der Waals surface area contributed by atoms with Crippen molar-refractivity contribution in [3.63, 3.8) is 0 Å². The Morgan fingerprint density at radius 2 is 2.06 bits per heavy atom. The van der Waals surface area contributed by atoms with E-state index in [1.807, 2.05) is 0 Å². The van der Waals surface area contributed by atoms with Crippen LogP contribution in [0.3, 0.4) is 0 Å². The molecule has 7 heteroatoms. The number of hydrogen-bond donors (Lipinski definition) is 2. The van der Waals surface area contributed by atoms with Gasteiger partial charge >= 0.3 is 6.18 Å². The highest BCUT2D eigenvalue weighted by Crippen LogP contribution is 2.49.